The lowest BCUT2D eigenvalue weighted by Gasteiger charge is -2.19. The van der Waals surface area contributed by atoms with Crippen molar-refractivity contribution in [3.8, 4) is 0 Å². The van der Waals surface area contributed by atoms with E-state index in [4.69, 9.17) is 10.2 Å². The minimum absolute atomic E-state index is 0.0734. The summed E-state index contributed by atoms with van der Waals surface area (Å²) in [5, 5.41) is 0. The van der Waals surface area contributed by atoms with Gasteiger partial charge in [-0.15, -0.1) is 0 Å². The minimum atomic E-state index is 0.0734. The van der Waals surface area contributed by atoms with E-state index in [2.05, 4.69) is 40.0 Å². The van der Waals surface area contributed by atoms with Crippen LogP contribution in [0.25, 0.3) is 0 Å². The molecule has 1 aromatic heterocycles. The first-order valence-corrected chi connectivity index (χ1v) is 7.15. The highest BCUT2D eigenvalue weighted by Crippen LogP contribution is 2.19. The van der Waals surface area contributed by atoms with Crippen molar-refractivity contribution in [2.75, 3.05) is 13.6 Å². The Hall–Kier alpha value is -1.10. The Labute approximate surface area is 122 Å². The zero-order valence-corrected chi connectivity index (χ0v) is 12.6. The van der Waals surface area contributed by atoms with Gasteiger partial charge in [0.05, 0.1) is 12.5 Å². The van der Waals surface area contributed by atoms with Gasteiger partial charge in [0, 0.05) is 22.6 Å². The average molecular weight is 323 g/mol. The van der Waals surface area contributed by atoms with E-state index in [1.807, 2.05) is 18.2 Å². The topological polar surface area (TPSA) is 42.4 Å². The Morgan fingerprint density at radius 2 is 2.21 bits per heavy atom. The fraction of sp³-hybridized carbons (Fsp3) is 0.333. The van der Waals surface area contributed by atoms with Crippen LogP contribution in [0.1, 0.15) is 23.6 Å². The second-order valence-corrected chi connectivity index (χ2v) is 5.74. The summed E-state index contributed by atoms with van der Waals surface area (Å²) in [6.45, 7) is 1.85. The maximum atomic E-state index is 6.22. The summed E-state index contributed by atoms with van der Waals surface area (Å²) >= 11 is 3.47. The molecule has 0 saturated carbocycles. The van der Waals surface area contributed by atoms with Crippen molar-refractivity contribution in [1.82, 2.24) is 4.90 Å². The zero-order chi connectivity index (χ0) is 13.7. The highest BCUT2D eigenvalue weighted by molar-refractivity contribution is 9.10. The van der Waals surface area contributed by atoms with Crippen LogP contribution in [0, 0.1) is 0 Å². The molecule has 102 valence electrons. The van der Waals surface area contributed by atoms with E-state index >= 15 is 0 Å². The van der Waals surface area contributed by atoms with Crippen LogP contribution in [-0.2, 0) is 6.54 Å². The number of furan rings is 1. The Morgan fingerprint density at radius 1 is 1.37 bits per heavy atom. The number of nitrogens with two attached hydrogens (primary N) is 1. The number of nitrogens with zero attached hydrogens (tertiary/aromatic N) is 1. The first-order chi connectivity index (χ1) is 9.15. The molecule has 0 radical (unpaired) electrons. The summed E-state index contributed by atoms with van der Waals surface area (Å²) in [5.74, 6) is 0. The second kappa shape index (κ2) is 6.89. The van der Waals surface area contributed by atoms with Gasteiger partial charge in [-0.25, -0.2) is 0 Å². The predicted molar refractivity (Wildman–Crippen MR) is 80.7 cm³/mol. The van der Waals surface area contributed by atoms with Gasteiger partial charge in [-0.1, -0.05) is 28.1 Å². The van der Waals surface area contributed by atoms with Crippen LogP contribution < -0.4 is 5.73 Å². The quantitative estimate of drug-likeness (QED) is 0.884. The van der Waals surface area contributed by atoms with Crippen LogP contribution in [-0.4, -0.2) is 18.5 Å². The van der Waals surface area contributed by atoms with Gasteiger partial charge in [-0.2, -0.15) is 0 Å². The van der Waals surface area contributed by atoms with Crippen LogP contribution in [0.3, 0.4) is 0 Å². The summed E-state index contributed by atoms with van der Waals surface area (Å²) < 4.78 is 6.14. The van der Waals surface area contributed by atoms with Crippen LogP contribution in [0.5, 0.6) is 0 Å². The van der Waals surface area contributed by atoms with E-state index in [0.29, 0.717) is 0 Å². The summed E-state index contributed by atoms with van der Waals surface area (Å²) in [6, 6.07) is 10.3. The van der Waals surface area contributed by atoms with Gasteiger partial charge >= 0.3 is 0 Å². The van der Waals surface area contributed by atoms with E-state index < -0.39 is 0 Å². The van der Waals surface area contributed by atoms with E-state index in [9.17, 15) is 0 Å². The maximum Gasteiger partial charge on any atom is 0.0947 e. The van der Waals surface area contributed by atoms with Gasteiger partial charge < -0.3 is 15.1 Å². The van der Waals surface area contributed by atoms with Gasteiger partial charge in [-0.3, -0.25) is 0 Å². The Kier molecular flexibility index (Phi) is 5.19. The molecular weight excluding hydrogens is 304 g/mol. The van der Waals surface area contributed by atoms with E-state index in [0.717, 1.165) is 24.0 Å². The lowest BCUT2D eigenvalue weighted by atomic mass is 10.0. The molecule has 0 aliphatic rings. The zero-order valence-electron chi connectivity index (χ0n) is 11.1. The molecule has 2 rings (SSSR count). The lowest BCUT2D eigenvalue weighted by Crippen LogP contribution is -2.23. The number of hydrogen-bond acceptors (Lipinski definition) is 3. The summed E-state index contributed by atoms with van der Waals surface area (Å²) in [6.07, 6.45) is 4.42. The SMILES string of the molecule is CN(CCC(N)c1cccc(Br)c1)Cc1ccoc1. The minimum Gasteiger partial charge on any atom is -0.472 e. The monoisotopic (exact) mass is 322 g/mol. The van der Waals surface area contributed by atoms with Crippen molar-refractivity contribution in [3.63, 3.8) is 0 Å². The Bertz CT molecular complexity index is 499. The predicted octanol–water partition coefficient (Wildman–Crippen LogP) is 3.56. The number of hydrogen-bond donors (Lipinski definition) is 1. The third-order valence-corrected chi connectivity index (χ3v) is 3.62. The fourth-order valence-corrected chi connectivity index (χ4v) is 2.45. The highest BCUT2D eigenvalue weighted by atomic mass is 79.9. The molecule has 0 amide bonds. The van der Waals surface area contributed by atoms with Crippen LogP contribution in [0.2, 0.25) is 0 Å². The second-order valence-electron chi connectivity index (χ2n) is 4.82. The van der Waals surface area contributed by atoms with Crippen molar-refractivity contribution in [1.29, 1.82) is 0 Å². The molecule has 0 fully saturated rings. The molecule has 3 nitrogen and oxygen atoms in total. The molecule has 19 heavy (non-hydrogen) atoms. The molecule has 4 heteroatoms. The van der Waals surface area contributed by atoms with Gasteiger partial charge in [0.25, 0.3) is 0 Å². The fourth-order valence-electron chi connectivity index (χ4n) is 2.04. The molecule has 2 aromatic rings. The van der Waals surface area contributed by atoms with E-state index in [1.165, 1.54) is 11.1 Å². The first kappa shape index (κ1) is 14.3. The molecule has 0 spiro atoms. The average Bonchev–Trinajstić information content (AvgIpc) is 2.88. The van der Waals surface area contributed by atoms with E-state index in [-0.39, 0.29) is 6.04 Å². The molecule has 1 heterocycles. The molecule has 0 bridgehead atoms. The molecular formula is C15H19BrN2O. The van der Waals surface area contributed by atoms with Crippen LogP contribution in [0.15, 0.2) is 51.7 Å². The lowest BCUT2D eigenvalue weighted by molar-refractivity contribution is 0.310. The smallest absolute Gasteiger partial charge is 0.0947 e. The molecule has 0 saturated heterocycles. The number of benzene rings is 1. The first-order valence-electron chi connectivity index (χ1n) is 6.36. The summed E-state index contributed by atoms with van der Waals surface area (Å²) in [5.41, 5.74) is 8.58. The van der Waals surface area contributed by atoms with Gasteiger partial charge in [-0.05, 0) is 43.8 Å². The van der Waals surface area contributed by atoms with Crippen LogP contribution in [0.4, 0.5) is 0 Å². The number of rotatable bonds is 6. The van der Waals surface area contributed by atoms with E-state index in [1.54, 1.807) is 12.5 Å². The summed E-state index contributed by atoms with van der Waals surface area (Å²) in [4.78, 5) is 2.25. The molecule has 1 unspecified atom stereocenters. The molecule has 0 aliphatic heterocycles. The van der Waals surface area contributed by atoms with Crippen molar-refractivity contribution < 1.29 is 4.42 Å². The van der Waals surface area contributed by atoms with Crippen LogP contribution >= 0.6 is 15.9 Å². The molecule has 1 atom stereocenters. The van der Waals surface area contributed by atoms with Crippen molar-refractivity contribution >= 4 is 15.9 Å². The maximum absolute atomic E-state index is 6.22. The molecule has 2 N–H and O–H groups in total. The molecule has 0 aliphatic carbocycles. The third kappa shape index (κ3) is 4.49. The van der Waals surface area contributed by atoms with Crippen molar-refractivity contribution in [3.05, 3.63) is 58.5 Å². The Morgan fingerprint density at radius 3 is 2.89 bits per heavy atom. The molecule has 1 aromatic carbocycles. The highest BCUT2D eigenvalue weighted by Gasteiger charge is 2.08. The Balaban J connectivity index is 1.81. The normalized spacial score (nSPS) is 12.8. The van der Waals surface area contributed by atoms with Crippen molar-refractivity contribution in [2.45, 2.75) is 19.0 Å². The standard InChI is InChI=1S/C15H19BrN2O/c1-18(10-12-6-8-19-11-12)7-5-15(17)13-3-2-4-14(16)9-13/h2-4,6,8-9,11,15H,5,7,10,17H2,1H3. The third-order valence-electron chi connectivity index (χ3n) is 3.13. The van der Waals surface area contributed by atoms with Gasteiger partial charge in [0.2, 0.25) is 0 Å². The van der Waals surface area contributed by atoms with Gasteiger partial charge in [0.15, 0.2) is 0 Å². The largest absolute Gasteiger partial charge is 0.472 e. The number of halogens is 1. The van der Waals surface area contributed by atoms with Crippen molar-refractivity contribution in [2.24, 2.45) is 5.73 Å². The summed E-state index contributed by atoms with van der Waals surface area (Å²) in [7, 11) is 2.10. The van der Waals surface area contributed by atoms with Gasteiger partial charge in [0.1, 0.15) is 0 Å².